The molecule has 166 valence electrons. The van der Waals surface area contributed by atoms with E-state index in [1.165, 1.54) is 18.4 Å². The highest BCUT2D eigenvalue weighted by atomic mass is 16.5. The van der Waals surface area contributed by atoms with Crippen LogP contribution in [0, 0.1) is 5.92 Å². The Morgan fingerprint density at radius 1 is 1.06 bits per heavy atom. The van der Waals surface area contributed by atoms with Gasteiger partial charge in [0.05, 0.1) is 11.9 Å². The van der Waals surface area contributed by atoms with Gasteiger partial charge >= 0.3 is 6.09 Å². The molecule has 0 spiro atoms. The molecule has 1 aromatic heterocycles. The summed E-state index contributed by atoms with van der Waals surface area (Å²) in [4.78, 5) is 12.2. The Balaban J connectivity index is 1.23. The van der Waals surface area contributed by atoms with E-state index in [1.54, 1.807) is 4.68 Å². The molecule has 1 fully saturated rings. The summed E-state index contributed by atoms with van der Waals surface area (Å²) < 4.78 is 7.08. The van der Waals surface area contributed by atoms with Crippen LogP contribution in [-0.4, -0.2) is 21.1 Å². The van der Waals surface area contributed by atoms with Crippen LogP contribution in [-0.2, 0) is 11.3 Å². The minimum Gasteiger partial charge on any atom is -0.444 e. The molecule has 33 heavy (non-hydrogen) atoms. The van der Waals surface area contributed by atoms with Crippen LogP contribution in [0.25, 0.3) is 16.9 Å². The summed E-state index contributed by atoms with van der Waals surface area (Å²) in [5.41, 5.74) is 5.55. The fourth-order valence-electron chi connectivity index (χ4n) is 4.14. The predicted molar refractivity (Wildman–Crippen MR) is 128 cm³/mol. The number of carbonyl (C=O) groups excluding carboxylic acids is 1. The first-order valence-electron chi connectivity index (χ1n) is 11.3. The number of aromatic nitrogens is 3. The molecule has 0 saturated heterocycles. The lowest BCUT2D eigenvalue weighted by molar-refractivity contribution is 0.155. The zero-order valence-corrected chi connectivity index (χ0v) is 18.5. The highest BCUT2D eigenvalue weighted by Gasteiger charge is 2.36. The van der Waals surface area contributed by atoms with Gasteiger partial charge in [-0.05, 0) is 53.6 Å². The summed E-state index contributed by atoms with van der Waals surface area (Å²) in [6.45, 7) is 2.48. The number of rotatable bonds is 7. The zero-order chi connectivity index (χ0) is 22.6. The Hall–Kier alpha value is -3.93. The standard InChI is InChI=1S/C27H26N4O2/c1-2-20-16-25(20)21-11-13-24(14-12-21)31-17-26(29-30-31)22-9-6-10-23(15-22)28-27(32)33-18-19-7-4-3-5-8-19/h3-15,17,20,25H,2,16,18H2,1H3,(H,28,32). The summed E-state index contributed by atoms with van der Waals surface area (Å²) in [5, 5.41) is 11.4. The molecular formula is C27H26N4O2. The fourth-order valence-corrected chi connectivity index (χ4v) is 4.14. The summed E-state index contributed by atoms with van der Waals surface area (Å²) in [5.74, 6) is 1.55. The maximum atomic E-state index is 12.2. The topological polar surface area (TPSA) is 69.0 Å². The number of nitrogens with zero attached hydrogens (tertiary/aromatic N) is 3. The maximum absolute atomic E-state index is 12.2. The van der Waals surface area contributed by atoms with Gasteiger partial charge in [-0.2, -0.15) is 0 Å². The van der Waals surface area contributed by atoms with Crippen molar-refractivity contribution < 1.29 is 9.53 Å². The van der Waals surface area contributed by atoms with Crippen LogP contribution < -0.4 is 5.32 Å². The molecule has 1 N–H and O–H groups in total. The third-order valence-corrected chi connectivity index (χ3v) is 6.14. The average Bonchev–Trinajstić information content (AvgIpc) is 3.49. The highest BCUT2D eigenvalue weighted by molar-refractivity contribution is 5.85. The Morgan fingerprint density at radius 2 is 1.88 bits per heavy atom. The van der Waals surface area contributed by atoms with Crippen LogP contribution in [0.3, 0.4) is 0 Å². The van der Waals surface area contributed by atoms with E-state index in [0.717, 1.165) is 28.4 Å². The molecular weight excluding hydrogens is 412 g/mol. The van der Waals surface area contributed by atoms with Crippen LogP contribution in [0.4, 0.5) is 10.5 Å². The Labute approximate surface area is 193 Å². The molecule has 1 saturated carbocycles. The Bertz CT molecular complexity index is 1230. The van der Waals surface area contributed by atoms with Crippen LogP contribution >= 0.6 is 0 Å². The summed E-state index contributed by atoms with van der Waals surface area (Å²) >= 11 is 0. The zero-order valence-electron chi connectivity index (χ0n) is 18.5. The average molecular weight is 439 g/mol. The van der Waals surface area contributed by atoms with Gasteiger partial charge in [0.2, 0.25) is 0 Å². The number of amides is 1. The van der Waals surface area contributed by atoms with Gasteiger partial charge in [0.15, 0.2) is 0 Å². The van der Waals surface area contributed by atoms with E-state index in [4.69, 9.17) is 4.74 Å². The van der Waals surface area contributed by atoms with Gasteiger partial charge in [0.1, 0.15) is 12.3 Å². The van der Waals surface area contributed by atoms with E-state index in [9.17, 15) is 4.79 Å². The van der Waals surface area contributed by atoms with Crippen molar-refractivity contribution in [1.29, 1.82) is 0 Å². The van der Waals surface area contributed by atoms with Crippen molar-refractivity contribution >= 4 is 11.8 Å². The minimum absolute atomic E-state index is 0.222. The molecule has 0 aliphatic heterocycles. The molecule has 0 radical (unpaired) electrons. The monoisotopic (exact) mass is 438 g/mol. The number of benzene rings is 3. The predicted octanol–water partition coefficient (Wildman–Crippen LogP) is 6.20. The number of carbonyl (C=O) groups is 1. The van der Waals surface area contributed by atoms with E-state index < -0.39 is 6.09 Å². The van der Waals surface area contributed by atoms with Crippen molar-refractivity contribution in [3.63, 3.8) is 0 Å². The second kappa shape index (κ2) is 9.28. The number of nitrogens with one attached hydrogen (secondary N) is 1. The molecule has 5 rings (SSSR count). The van der Waals surface area contributed by atoms with Crippen LogP contribution in [0.2, 0.25) is 0 Å². The molecule has 2 unspecified atom stereocenters. The van der Waals surface area contributed by atoms with Gasteiger partial charge in [0.25, 0.3) is 0 Å². The second-order valence-electron chi connectivity index (χ2n) is 8.42. The van der Waals surface area contributed by atoms with Crippen molar-refractivity contribution in [3.05, 3.63) is 96.2 Å². The van der Waals surface area contributed by atoms with Gasteiger partial charge in [-0.1, -0.05) is 73.2 Å². The largest absolute Gasteiger partial charge is 0.444 e. The van der Waals surface area contributed by atoms with Crippen molar-refractivity contribution in [3.8, 4) is 16.9 Å². The molecule has 6 nitrogen and oxygen atoms in total. The minimum atomic E-state index is -0.499. The Kier molecular flexibility index (Phi) is 5.89. The molecule has 3 aromatic carbocycles. The number of ether oxygens (including phenoxy) is 1. The molecule has 1 aliphatic rings. The van der Waals surface area contributed by atoms with Gasteiger partial charge in [-0.15, -0.1) is 5.10 Å². The van der Waals surface area contributed by atoms with Crippen LogP contribution in [0.15, 0.2) is 85.1 Å². The van der Waals surface area contributed by atoms with Crippen molar-refractivity contribution in [2.45, 2.75) is 32.3 Å². The van der Waals surface area contributed by atoms with E-state index in [1.807, 2.05) is 60.8 Å². The summed E-state index contributed by atoms with van der Waals surface area (Å²) in [7, 11) is 0. The lowest BCUT2D eigenvalue weighted by Gasteiger charge is -2.08. The molecule has 4 aromatic rings. The molecule has 1 heterocycles. The molecule has 0 bridgehead atoms. The van der Waals surface area contributed by atoms with E-state index in [0.29, 0.717) is 11.6 Å². The SMILES string of the molecule is CCC1CC1c1ccc(-n2cc(-c3cccc(NC(=O)OCc4ccccc4)c3)nn2)cc1. The van der Waals surface area contributed by atoms with E-state index in [2.05, 4.69) is 46.8 Å². The van der Waals surface area contributed by atoms with Gasteiger partial charge in [-0.25, -0.2) is 9.48 Å². The third-order valence-electron chi connectivity index (χ3n) is 6.14. The molecule has 2 atom stereocenters. The second-order valence-corrected chi connectivity index (χ2v) is 8.42. The number of anilines is 1. The first kappa shape index (κ1) is 20.9. The fraction of sp³-hybridized carbons (Fsp3) is 0.222. The van der Waals surface area contributed by atoms with Gasteiger partial charge < -0.3 is 4.74 Å². The normalized spacial score (nSPS) is 16.9. The highest BCUT2D eigenvalue weighted by Crippen LogP contribution is 2.49. The van der Waals surface area contributed by atoms with Crippen molar-refractivity contribution in [2.75, 3.05) is 5.32 Å². The molecule has 1 amide bonds. The maximum Gasteiger partial charge on any atom is 0.411 e. The first-order valence-corrected chi connectivity index (χ1v) is 11.3. The van der Waals surface area contributed by atoms with Gasteiger partial charge in [-0.3, -0.25) is 5.32 Å². The van der Waals surface area contributed by atoms with Crippen molar-refractivity contribution in [2.24, 2.45) is 5.92 Å². The quantitative estimate of drug-likeness (QED) is 0.373. The van der Waals surface area contributed by atoms with Crippen LogP contribution in [0.5, 0.6) is 0 Å². The lowest BCUT2D eigenvalue weighted by atomic mass is 10.1. The number of hydrogen-bond acceptors (Lipinski definition) is 4. The molecule has 6 heteroatoms. The van der Waals surface area contributed by atoms with Gasteiger partial charge in [0, 0.05) is 11.3 Å². The smallest absolute Gasteiger partial charge is 0.411 e. The molecule has 1 aliphatic carbocycles. The summed E-state index contributed by atoms with van der Waals surface area (Å²) in [6.07, 6.45) is 3.94. The van der Waals surface area contributed by atoms with Crippen LogP contribution in [0.1, 0.15) is 36.8 Å². The number of hydrogen-bond donors (Lipinski definition) is 1. The van der Waals surface area contributed by atoms with E-state index in [-0.39, 0.29) is 6.61 Å². The lowest BCUT2D eigenvalue weighted by Crippen LogP contribution is -2.13. The summed E-state index contributed by atoms with van der Waals surface area (Å²) in [6, 6.07) is 25.7. The van der Waals surface area contributed by atoms with E-state index >= 15 is 0 Å². The van der Waals surface area contributed by atoms with Crippen molar-refractivity contribution in [1.82, 2.24) is 15.0 Å². The first-order chi connectivity index (χ1) is 16.2. The Morgan fingerprint density at radius 3 is 2.64 bits per heavy atom. The third kappa shape index (κ3) is 4.95.